The summed E-state index contributed by atoms with van der Waals surface area (Å²) in [6, 6.07) is 9.75. The Morgan fingerprint density at radius 2 is 1.72 bits per heavy atom. The summed E-state index contributed by atoms with van der Waals surface area (Å²) in [5.41, 5.74) is 1.38. The van der Waals surface area contributed by atoms with Gasteiger partial charge in [0.1, 0.15) is 5.75 Å². The van der Waals surface area contributed by atoms with Crippen LogP contribution in [0.1, 0.15) is 11.1 Å². The van der Waals surface area contributed by atoms with Crippen LogP contribution in [0.3, 0.4) is 0 Å². The Labute approximate surface area is 140 Å². The maximum Gasteiger partial charge on any atom is 0.416 e. The molecule has 2 aromatic rings. The number of phenolic OH excluding ortho intramolecular Hbond substituents is 1. The summed E-state index contributed by atoms with van der Waals surface area (Å²) in [5.74, 6) is -2.25. The molecule has 2 aromatic carbocycles. The molecule has 0 unspecified atom stereocenters. The molecule has 2 rings (SSSR count). The van der Waals surface area contributed by atoms with E-state index in [2.05, 4.69) is 10.4 Å². The monoisotopic (exact) mass is 351 g/mol. The zero-order chi connectivity index (χ0) is 18.4. The van der Waals surface area contributed by atoms with Gasteiger partial charge in [0.2, 0.25) is 0 Å². The van der Waals surface area contributed by atoms with Crippen LogP contribution >= 0.6 is 0 Å². The Morgan fingerprint density at radius 3 is 2.36 bits per heavy atom. The Kier molecular flexibility index (Phi) is 5.38. The van der Waals surface area contributed by atoms with Gasteiger partial charge in [0.25, 0.3) is 0 Å². The molecule has 0 aliphatic carbocycles. The van der Waals surface area contributed by atoms with Gasteiger partial charge in [-0.25, -0.2) is 5.43 Å². The van der Waals surface area contributed by atoms with Gasteiger partial charge in [0.15, 0.2) is 0 Å². The van der Waals surface area contributed by atoms with Crippen LogP contribution in [-0.2, 0) is 15.8 Å². The molecule has 0 spiro atoms. The molecule has 0 aliphatic rings. The Hall–Kier alpha value is -3.36. The first kappa shape index (κ1) is 18.0. The van der Waals surface area contributed by atoms with E-state index in [1.54, 1.807) is 0 Å². The number of amides is 2. The highest BCUT2D eigenvalue weighted by atomic mass is 19.4. The van der Waals surface area contributed by atoms with Crippen molar-refractivity contribution < 1.29 is 27.9 Å². The summed E-state index contributed by atoms with van der Waals surface area (Å²) in [6.07, 6.45) is -3.33. The summed E-state index contributed by atoms with van der Waals surface area (Å²) in [5, 5.41) is 14.7. The molecule has 0 fully saturated rings. The highest BCUT2D eigenvalue weighted by Gasteiger charge is 2.30. The second-order valence-corrected chi connectivity index (χ2v) is 4.82. The lowest BCUT2D eigenvalue weighted by molar-refractivity contribution is -0.137. The lowest BCUT2D eigenvalue weighted by atomic mass is 10.2. The van der Waals surface area contributed by atoms with Crippen LogP contribution in [0.25, 0.3) is 0 Å². The lowest BCUT2D eigenvalue weighted by Gasteiger charge is -2.09. The first-order valence-corrected chi connectivity index (χ1v) is 6.86. The number of nitrogens with one attached hydrogen (secondary N) is 2. The standard InChI is InChI=1S/C16H12F3N3O3/c17-16(18,19)11-2-1-3-12(8-11)21-14(24)15(25)22-20-9-10-4-6-13(23)7-5-10/h1-9,23H,(H,21,24)(H,22,25). The van der Waals surface area contributed by atoms with Gasteiger partial charge in [0, 0.05) is 5.69 Å². The zero-order valence-electron chi connectivity index (χ0n) is 12.5. The number of hydrogen-bond donors (Lipinski definition) is 3. The lowest BCUT2D eigenvalue weighted by Crippen LogP contribution is -2.32. The Morgan fingerprint density at radius 1 is 1.04 bits per heavy atom. The largest absolute Gasteiger partial charge is 0.508 e. The molecule has 6 nitrogen and oxygen atoms in total. The van der Waals surface area contributed by atoms with Crippen LogP contribution < -0.4 is 10.7 Å². The predicted molar refractivity (Wildman–Crippen MR) is 83.9 cm³/mol. The molecular weight excluding hydrogens is 339 g/mol. The third-order valence-electron chi connectivity index (χ3n) is 2.93. The minimum atomic E-state index is -4.56. The Bertz CT molecular complexity index is 802. The van der Waals surface area contributed by atoms with Crippen molar-refractivity contribution in [3.05, 3.63) is 59.7 Å². The van der Waals surface area contributed by atoms with E-state index in [1.165, 1.54) is 36.5 Å². The number of halogens is 3. The smallest absolute Gasteiger partial charge is 0.416 e. The number of benzene rings is 2. The summed E-state index contributed by atoms with van der Waals surface area (Å²) in [7, 11) is 0. The summed E-state index contributed by atoms with van der Waals surface area (Å²) in [6.45, 7) is 0. The van der Waals surface area contributed by atoms with Crippen molar-refractivity contribution in [1.29, 1.82) is 0 Å². The average molecular weight is 351 g/mol. The second-order valence-electron chi connectivity index (χ2n) is 4.82. The molecule has 3 N–H and O–H groups in total. The molecule has 0 atom stereocenters. The number of carbonyl (C=O) groups excluding carboxylic acids is 2. The molecule has 9 heteroatoms. The third-order valence-corrected chi connectivity index (χ3v) is 2.93. The van der Waals surface area contributed by atoms with Gasteiger partial charge >= 0.3 is 18.0 Å². The van der Waals surface area contributed by atoms with E-state index < -0.39 is 23.6 Å². The Balaban J connectivity index is 1.94. The molecule has 0 heterocycles. The van der Waals surface area contributed by atoms with E-state index >= 15 is 0 Å². The van der Waals surface area contributed by atoms with Crippen LogP contribution in [0.15, 0.2) is 53.6 Å². The second kappa shape index (κ2) is 7.47. The number of hydrogen-bond acceptors (Lipinski definition) is 4. The number of anilines is 1. The van der Waals surface area contributed by atoms with Gasteiger partial charge in [-0.15, -0.1) is 0 Å². The molecule has 0 aromatic heterocycles. The zero-order valence-corrected chi connectivity index (χ0v) is 12.5. The summed E-state index contributed by atoms with van der Waals surface area (Å²) >= 11 is 0. The first-order chi connectivity index (χ1) is 11.8. The van der Waals surface area contributed by atoms with Gasteiger partial charge in [0.05, 0.1) is 11.8 Å². The number of aromatic hydroxyl groups is 1. The van der Waals surface area contributed by atoms with Crippen molar-refractivity contribution in [2.24, 2.45) is 5.10 Å². The van der Waals surface area contributed by atoms with E-state index in [1.807, 2.05) is 5.43 Å². The van der Waals surface area contributed by atoms with Gasteiger partial charge < -0.3 is 10.4 Å². The van der Waals surface area contributed by atoms with Crippen LogP contribution in [-0.4, -0.2) is 23.1 Å². The van der Waals surface area contributed by atoms with E-state index in [9.17, 15) is 22.8 Å². The number of alkyl halides is 3. The predicted octanol–water partition coefficient (Wildman–Crippen LogP) is 2.50. The van der Waals surface area contributed by atoms with Crippen molar-refractivity contribution in [3.63, 3.8) is 0 Å². The number of phenols is 1. The molecule has 0 bridgehead atoms. The summed E-state index contributed by atoms with van der Waals surface area (Å²) in [4.78, 5) is 23.2. The molecular formula is C16H12F3N3O3. The number of nitrogens with zero attached hydrogens (tertiary/aromatic N) is 1. The topological polar surface area (TPSA) is 90.8 Å². The van der Waals surface area contributed by atoms with Crippen LogP contribution in [0.2, 0.25) is 0 Å². The molecule has 0 saturated heterocycles. The first-order valence-electron chi connectivity index (χ1n) is 6.86. The van der Waals surface area contributed by atoms with Gasteiger partial charge in [-0.2, -0.15) is 18.3 Å². The fourth-order valence-electron chi connectivity index (χ4n) is 1.74. The quantitative estimate of drug-likeness (QED) is 0.451. The molecule has 130 valence electrons. The maximum atomic E-state index is 12.6. The minimum absolute atomic E-state index is 0.0571. The number of rotatable bonds is 3. The molecule has 25 heavy (non-hydrogen) atoms. The highest BCUT2D eigenvalue weighted by Crippen LogP contribution is 2.30. The van der Waals surface area contributed by atoms with Crippen LogP contribution in [0, 0.1) is 0 Å². The van der Waals surface area contributed by atoms with Gasteiger partial charge in [-0.3, -0.25) is 9.59 Å². The fraction of sp³-hybridized carbons (Fsp3) is 0.0625. The van der Waals surface area contributed by atoms with Crippen molar-refractivity contribution in [1.82, 2.24) is 5.43 Å². The van der Waals surface area contributed by atoms with Gasteiger partial charge in [-0.05, 0) is 48.0 Å². The molecule has 2 amide bonds. The SMILES string of the molecule is O=C(NN=Cc1ccc(O)cc1)C(=O)Nc1cccc(C(F)(F)F)c1. The average Bonchev–Trinajstić information content (AvgIpc) is 2.56. The van der Waals surface area contributed by atoms with E-state index in [4.69, 9.17) is 5.11 Å². The van der Waals surface area contributed by atoms with E-state index in [0.717, 1.165) is 12.1 Å². The fourth-order valence-corrected chi connectivity index (χ4v) is 1.74. The summed E-state index contributed by atoms with van der Waals surface area (Å²) < 4.78 is 37.8. The van der Waals surface area contributed by atoms with E-state index in [0.29, 0.717) is 11.6 Å². The maximum absolute atomic E-state index is 12.6. The van der Waals surface area contributed by atoms with E-state index in [-0.39, 0.29) is 11.4 Å². The molecule has 0 aliphatic heterocycles. The minimum Gasteiger partial charge on any atom is -0.508 e. The third kappa shape index (κ3) is 5.34. The van der Waals surface area contributed by atoms with Crippen molar-refractivity contribution in [2.45, 2.75) is 6.18 Å². The molecule has 0 radical (unpaired) electrons. The number of hydrazone groups is 1. The van der Waals surface area contributed by atoms with Crippen molar-refractivity contribution >= 4 is 23.7 Å². The normalized spacial score (nSPS) is 11.3. The molecule has 0 saturated carbocycles. The van der Waals surface area contributed by atoms with Crippen LogP contribution in [0.4, 0.5) is 18.9 Å². The highest BCUT2D eigenvalue weighted by molar-refractivity contribution is 6.39. The number of carbonyl (C=O) groups is 2. The van der Waals surface area contributed by atoms with Gasteiger partial charge in [-0.1, -0.05) is 6.07 Å². The van der Waals surface area contributed by atoms with Crippen molar-refractivity contribution in [2.75, 3.05) is 5.32 Å². The van der Waals surface area contributed by atoms with Crippen LogP contribution in [0.5, 0.6) is 5.75 Å². The van der Waals surface area contributed by atoms with Crippen molar-refractivity contribution in [3.8, 4) is 5.75 Å².